The second kappa shape index (κ2) is 49.5. The van der Waals surface area contributed by atoms with E-state index >= 15 is 0 Å². The van der Waals surface area contributed by atoms with Crippen LogP contribution in [0.5, 0.6) is 0 Å². The smallest absolute Gasteiger partial charge is 0.249 e. The Morgan fingerprint density at radius 3 is 0.983 bits per heavy atom. The Hall–Kier alpha value is -1.17. The number of hydrogen-bond donors (Lipinski definition) is 4. The lowest BCUT2D eigenvalue weighted by atomic mass is 10.0. The van der Waals surface area contributed by atoms with Crippen molar-refractivity contribution in [3.63, 3.8) is 0 Å². The molecule has 0 aromatic heterocycles. The average Bonchev–Trinajstić information content (AvgIpc) is 3.24. The van der Waals surface area contributed by atoms with Crippen molar-refractivity contribution in [3.8, 4) is 0 Å². The molecule has 0 aromatic carbocycles. The molecule has 0 bridgehead atoms. The van der Waals surface area contributed by atoms with Crippen molar-refractivity contribution < 1.29 is 20.1 Å². The molecule has 0 saturated heterocycles. The molecule has 0 radical (unpaired) electrons. The summed E-state index contributed by atoms with van der Waals surface area (Å²) in [6.45, 7) is 4.20. The Balaban J connectivity index is 3.53. The third-order valence-electron chi connectivity index (χ3n) is 12.5. The van der Waals surface area contributed by atoms with Crippen molar-refractivity contribution >= 4 is 5.91 Å². The van der Waals surface area contributed by atoms with Gasteiger partial charge in [-0.15, -0.1) is 0 Å². The number of carbonyl (C=O) groups excluding carboxylic acids is 1. The van der Waals surface area contributed by atoms with Gasteiger partial charge in [0.25, 0.3) is 0 Å². The summed E-state index contributed by atoms with van der Waals surface area (Å²) >= 11 is 0. The number of rotatable bonds is 49. The molecule has 0 aromatic rings. The van der Waals surface area contributed by atoms with Gasteiger partial charge in [-0.3, -0.25) is 4.79 Å². The first-order valence-corrected chi connectivity index (χ1v) is 26.7. The first kappa shape index (κ1) is 57.8. The van der Waals surface area contributed by atoms with E-state index in [0.717, 1.165) is 32.1 Å². The molecule has 0 rings (SSSR count). The van der Waals surface area contributed by atoms with E-state index in [9.17, 15) is 20.1 Å². The second-order valence-electron chi connectivity index (χ2n) is 18.4. The fourth-order valence-corrected chi connectivity index (χ4v) is 8.36. The molecule has 5 nitrogen and oxygen atoms in total. The average molecular weight is 832 g/mol. The van der Waals surface area contributed by atoms with Crippen molar-refractivity contribution in [2.24, 2.45) is 0 Å². The van der Waals surface area contributed by atoms with E-state index in [0.29, 0.717) is 6.42 Å². The number of aliphatic hydroxyl groups excluding tert-OH is 3. The van der Waals surface area contributed by atoms with E-state index in [2.05, 4.69) is 31.3 Å². The topological polar surface area (TPSA) is 89.8 Å². The zero-order chi connectivity index (χ0) is 43.0. The predicted molar refractivity (Wildman–Crippen MR) is 259 cm³/mol. The van der Waals surface area contributed by atoms with Crippen LogP contribution < -0.4 is 5.32 Å². The molecule has 0 aliphatic heterocycles. The van der Waals surface area contributed by atoms with Gasteiger partial charge in [-0.25, -0.2) is 0 Å². The molecular formula is C54H105NO4. The standard InChI is InChI=1S/C54H105NO4/c1-3-5-7-9-11-13-15-17-19-20-21-22-23-24-25-26-27-28-29-30-31-32-33-35-37-39-41-43-45-47-49-53(58)54(59)55-51(50-56)52(57)48-46-44-42-40-38-36-34-18-16-14-12-10-8-6-4-2/h24-25,46,48,51-53,56-58H,3-23,26-45,47,49-50H2,1-2H3,(H,55,59)/b25-24-,48-46+. The van der Waals surface area contributed by atoms with Crippen LogP contribution in [0.4, 0.5) is 0 Å². The van der Waals surface area contributed by atoms with Crippen LogP contribution >= 0.6 is 0 Å². The third kappa shape index (κ3) is 44.7. The second-order valence-corrected chi connectivity index (χ2v) is 18.4. The molecule has 0 spiro atoms. The van der Waals surface area contributed by atoms with Crippen LogP contribution in [0.2, 0.25) is 0 Å². The van der Waals surface area contributed by atoms with Gasteiger partial charge in [-0.05, 0) is 44.9 Å². The van der Waals surface area contributed by atoms with Crippen LogP contribution in [-0.2, 0) is 4.79 Å². The van der Waals surface area contributed by atoms with E-state index in [1.807, 2.05) is 6.08 Å². The van der Waals surface area contributed by atoms with Crippen molar-refractivity contribution in [1.82, 2.24) is 5.32 Å². The van der Waals surface area contributed by atoms with Crippen LogP contribution in [0.1, 0.15) is 290 Å². The third-order valence-corrected chi connectivity index (χ3v) is 12.5. The Labute approximate surface area is 369 Å². The number of unbranched alkanes of at least 4 members (excludes halogenated alkanes) is 39. The maximum Gasteiger partial charge on any atom is 0.249 e. The molecule has 3 atom stereocenters. The fraction of sp³-hybridized carbons (Fsp3) is 0.907. The lowest BCUT2D eigenvalue weighted by molar-refractivity contribution is -0.131. The maximum absolute atomic E-state index is 12.5. The number of nitrogens with one attached hydrogen (secondary N) is 1. The van der Waals surface area contributed by atoms with E-state index in [4.69, 9.17) is 0 Å². The maximum atomic E-state index is 12.5. The molecule has 0 fully saturated rings. The van der Waals surface area contributed by atoms with Gasteiger partial charge in [0, 0.05) is 0 Å². The molecule has 0 heterocycles. The van der Waals surface area contributed by atoms with E-state index in [1.54, 1.807) is 6.08 Å². The molecule has 350 valence electrons. The molecule has 1 amide bonds. The largest absolute Gasteiger partial charge is 0.394 e. The summed E-state index contributed by atoms with van der Waals surface area (Å²) in [5, 5.41) is 33.3. The SMILES string of the molecule is CCCCCCCCCCCCCC/C=C\CCCCCCCCCCCCCCCCC(O)C(=O)NC(CO)C(O)/C=C/CCCCCCCCCCCCCCC. The number of allylic oxidation sites excluding steroid dienone is 3. The van der Waals surface area contributed by atoms with Crippen LogP contribution in [0.15, 0.2) is 24.3 Å². The number of aliphatic hydroxyl groups is 3. The lowest BCUT2D eigenvalue weighted by Gasteiger charge is -2.21. The fourth-order valence-electron chi connectivity index (χ4n) is 8.36. The lowest BCUT2D eigenvalue weighted by Crippen LogP contribution is -2.48. The summed E-state index contributed by atoms with van der Waals surface area (Å²) in [5.74, 6) is -0.499. The molecule has 0 aliphatic carbocycles. The zero-order valence-corrected chi connectivity index (χ0v) is 39.9. The Morgan fingerprint density at radius 2 is 0.678 bits per heavy atom. The number of amides is 1. The van der Waals surface area contributed by atoms with Crippen molar-refractivity contribution in [3.05, 3.63) is 24.3 Å². The van der Waals surface area contributed by atoms with Crippen LogP contribution in [0, 0.1) is 0 Å². The van der Waals surface area contributed by atoms with Crippen molar-refractivity contribution in [2.45, 2.75) is 308 Å². The highest BCUT2D eigenvalue weighted by molar-refractivity contribution is 5.80. The van der Waals surface area contributed by atoms with Crippen LogP contribution in [-0.4, -0.2) is 46.1 Å². The molecular weight excluding hydrogens is 727 g/mol. The normalized spacial score (nSPS) is 13.5. The quantitative estimate of drug-likeness (QED) is 0.0363. The molecule has 0 saturated carbocycles. The van der Waals surface area contributed by atoms with Gasteiger partial charge >= 0.3 is 0 Å². The monoisotopic (exact) mass is 832 g/mol. The van der Waals surface area contributed by atoms with Crippen LogP contribution in [0.3, 0.4) is 0 Å². The highest BCUT2D eigenvalue weighted by Gasteiger charge is 2.22. The molecule has 59 heavy (non-hydrogen) atoms. The van der Waals surface area contributed by atoms with Gasteiger partial charge in [-0.2, -0.15) is 0 Å². The van der Waals surface area contributed by atoms with Crippen molar-refractivity contribution in [2.75, 3.05) is 6.61 Å². The van der Waals surface area contributed by atoms with Crippen molar-refractivity contribution in [1.29, 1.82) is 0 Å². The minimum absolute atomic E-state index is 0.361. The first-order valence-electron chi connectivity index (χ1n) is 26.7. The summed E-state index contributed by atoms with van der Waals surface area (Å²) < 4.78 is 0. The molecule has 3 unspecified atom stereocenters. The van der Waals surface area contributed by atoms with Gasteiger partial charge in [-0.1, -0.05) is 269 Å². The summed E-state index contributed by atoms with van der Waals surface area (Å²) in [5.41, 5.74) is 0. The first-order chi connectivity index (χ1) is 29.1. The van der Waals surface area contributed by atoms with E-state index in [-0.39, 0.29) is 6.61 Å². The molecule has 4 N–H and O–H groups in total. The molecule has 5 heteroatoms. The Kier molecular flexibility index (Phi) is 48.5. The minimum Gasteiger partial charge on any atom is -0.394 e. The predicted octanol–water partition coefficient (Wildman–Crippen LogP) is 16.1. The highest BCUT2D eigenvalue weighted by Crippen LogP contribution is 2.17. The van der Waals surface area contributed by atoms with Gasteiger partial charge in [0.15, 0.2) is 0 Å². The van der Waals surface area contributed by atoms with Crippen LogP contribution in [0.25, 0.3) is 0 Å². The Bertz CT molecular complexity index is 874. The molecule has 0 aliphatic rings. The summed E-state index contributed by atoms with van der Waals surface area (Å²) in [7, 11) is 0. The van der Waals surface area contributed by atoms with E-state index < -0.39 is 24.2 Å². The van der Waals surface area contributed by atoms with Gasteiger partial charge in [0.2, 0.25) is 5.91 Å². The highest BCUT2D eigenvalue weighted by atomic mass is 16.3. The summed E-state index contributed by atoms with van der Waals surface area (Å²) in [4.78, 5) is 12.5. The van der Waals surface area contributed by atoms with E-state index in [1.165, 1.54) is 238 Å². The van der Waals surface area contributed by atoms with Gasteiger partial charge in [0.05, 0.1) is 18.8 Å². The number of carbonyl (C=O) groups is 1. The summed E-state index contributed by atoms with van der Waals surface area (Å²) in [6, 6.07) is -0.795. The Morgan fingerprint density at radius 1 is 0.407 bits per heavy atom. The number of hydrogen-bond acceptors (Lipinski definition) is 4. The van der Waals surface area contributed by atoms with Gasteiger partial charge in [0.1, 0.15) is 6.10 Å². The summed E-state index contributed by atoms with van der Waals surface area (Å²) in [6.07, 6.45) is 62.5. The van der Waals surface area contributed by atoms with Gasteiger partial charge < -0.3 is 20.6 Å². The zero-order valence-electron chi connectivity index (χ0n) is 39.9. The minimum atomic E-state index is -1.10.